The molecule has 0 heterocycles. The smallest absolute Gasteiger partial charge is 0.336 e. The topological polar surface area (TPSA) is 48.0 Å². The molecule has 144 valence electrons. The Morgan fingerprint density at radius 1 is 1.07 bits per heavy atom. The first-order valence-corrected chi connectivity index (χ1v) is 8.82. The molecule has 0 aliphatic rings. The summed E-state index contributed by atoms with van der Waals surface area (Å²) in [6, 6.07) is 15.1. The van der Waals surface area contributed by atoms with Crippen LogP contribution in [-0.2, 0) is 15.1 Å². The van der Waals surface area contributed by atoms with E-state index in [2.05, 4.69) is 6.58 Å². The maximum atomic E-state index is 13.1. The number of ether oxygens (including phenoxy) is 3. The van der Waals surface area contributed by atoms with Crippen LogP contribution in [0.15, 0.2) is 61.2 Å². The molecule has 27 heavy (non-hydrogen) atoms. The number of esters is 1. The number of anilines is 1. The molecule has 0 spiro atoms. The van der Waals surface area contributed by atoms with Crippen molar-refractivity contribution in [1.82, 2.24) is 0 Å². The second-order valence-corrected chi connectivity index (χ2v) is 6.02. The lowest BCUT2D eigenvalue weighted by molar-refractivity contribution is -0.147. The van der Waals surface area contributed by atoms with Gasteiger partial charge in [-0.05, 0) is 48.9 Å². The monoisotopic (exact) mass is 369 g/mol. The Kier molecular flexibility index (Phi) is 6.88. The van der Waals surface area contributed by atoms with E-state index in [1.54, 1.807) is 20.3 Å². The Labute approximate surface area is 161 Å². The van der Waals surface area contributed by atoms with Gasteiger partial charge in [-0.3, -0.25) is 0 Å². The molecule has 2 aromatic rings. The molecule has 0 bridgehead atoms. The summed E-state index contributed by atoms with van der Waals surface area (Å²) in [5.74, 6) is 1.08. The summed E-state index contributed by atoms with van der Waals surface area (Å²) >= 11 is 0. The van der Waals surface area contributed by atoms with E-state index in [-0.39, 0.29) is 5.97 Å². The second-order valence-electron chi connectivity index (χ2n) is 6.02. The lowest BCUT2D eigenvalue weighted by Crippen LogP contribution is -2.53. The van der Waals surface area contributed by atoms with Crippen LogP contribution in [-0.4, -0.2) is 33.8 Å². The normalized spacial score (nSPS) is 12.6. The first kappa shape index (κ1) is 20.4. The van der Waals surface area contributed by atoms with Crippen LogP contribution in [0.4, 0.5) is 5.69 Å². The van der Waals surface area contributed by atoms with Crippen LogP contribution in [0, 0.1) is 0 Å². The molecule has 2 aromatic carbocycles. The number of hydrogen-bond donors (Lipinski definition) is 0. The molecule has 0 N–H and O–H groups in total. The van der Waals surface area contributed by atoms with Gasteiger partial charge in [0, 0.05) is 18.7 Å². The fourth-order valence-electron chi connectivity index (χ4n) is 3.39. The SMILES string of the molecule is C=CCC(C(=O)OC)(c1cccc(OC)c1)N(CC)c1ccc(OC)cc1. The Morgan fingerprint density at radius 3 is 2.26 bits per heavy atom. The number of benzene rings is 2. The molecular weight excluding hydrogens is 342 g/mol. The molecule has 1 atom stereocenters. The zero-order chi connectivity index (χ0) is 19.9. The zero-order valence-corrected chi connectivity index (χ0v) is 16.4. The third-order valence-electron chi connectivity index (χ3n) is 4.67. The van der Waals surface area contributed by atoms with Crippen molar-refractivity contribution < 1.29 is 19.0 Å². The average molecular weight is 369 g/mol. The van der Waals surface area contributed by atoms with E-state index in [1.165, 1.54) is 7.11 Å². The van der Waals surface area contributed by atoms with Crippen molar-refractivity contribution >= 4 is 11.7 Å². The van der Waals surface area contributed by atoms with Crippen molar-refractivity contribution in [1.29, 1.82) is 0 Å². The number of hydrogen-bond acceptors (Lipinski definition) is 5. The number of carbonyl (C=O) groups is 1. The number of likely N-dealkylation sites (N-methyl/N-ethyl adjacent to an activating group) is 1. The highest BCUT2D eigenvalue weighted by Crippen LogP contribution is 2.39. The summed E-state index contributed by atoms with van der Waals surface area (Å²) in [6.07, 6.45) is 2.12. The minimum absolute atomic E-state index is 0.353. The van der Waals surface area contributed by atoms with Gasteiger partial charge in [-0.1, -0.05) is 18.2 Å². The summed E-state index contributed by atoms with van der Waals surface area (Å²) in [5, 5.41) is 0. The van der Waals surface area contributed by atoms with Crippen LogP contribution < -0.4 is 14.4 Å². The molecule has 2 rings (SSSR count). The Hall–Kier alpha value is -2.95. The largest absolute Gasteiger partial charge is 0.497 e. The molecule has 0 aromatic heterocycles. The van der Waals surface area contributed by atoms with Gasteiger partial charge in [0.15, 0.2) is 5.54 Å². The van der Waals surface area contributed by atoms with Crippen molar-refractivity contribution in [3.05, 3.63) is 66.7 Å². The van der Waals surface area contributed by atoms with E-state index in [9.17, 15) is 4.79 Å². The van der Waals surface area contributed by atoms with Gasteiger partial charge in [0.05, 0.1) is 21.3 Å². The highest BCUT2D eigenvalue weighted by atomic mass is 16.5. The van der Waals surface area contributed by atoms with Crippen molar-refractivity contribution in [2.75, 3.05) is 32.8 Å². The van der Waals surface area contributed by atoms with Gasteiger partial charge in [0.2, 0.25) is 0 Å². The second kappa shape index (κ2) is 9.12. The van der Waals surface area contributed by atoms with E-state index >= 15 is 0 Å². The third-order valence-corrected chi connectivity index (χ3v) is 4.67. The Balaban J connectivity index is 2.70. The molecule has 0 saturated heterocycles. The molecule has 0 saturated carbocycles. The minimum Gasteiger partial charge on any atom is -0.497 e. The third kappa shape index (κ3) is 3.92. The van der Waals surface area contributed by atoms with Crippen LogP contribution in [0.1, 0.15) is 18.9 Å². The van der Waals surface area contributed by atoms with Crippen LogP contribution >= 0.6 is 0 Å². The first-order valence-electron chi connectivity index (χ1n) is 8.82. The van der Waals surface area contributed by atoms with Crippen LogP contribution in [0.25, 0.3) is 0 Å². The van der Waals surface area contributed by atoms with E-state index < -0.39 is 5.54 Å². The van der Waals surface area contributed by atoms with Gasteiger partial charge in [-0.2, -0.15) is 0 Å². The van der Waals surface area contributed by atoms with Crippen molar-refractivity contribution in [3.63, 3.8) is 0 Å². The summed E-state index contributed by atoms with van der Waals surface area (Å²) in [6.45, 7) is 6.48. The number of carbonyl (C=O) groups excluding carboxylic acids is 1. The minimum atomic E-state index is -1.06. The van der Waals surface area contributed by atoms with Gasteiger partial charge >= 0.3 is 5.97 Å². The summed E-state index contributed by atoms with van der Waals surface area (Å²) in [7, 11) is 4.63. The summed E-state index contributed by atoms with van der Waals surface area (Å²) < 4.78 is 15.9. The molecule has 0 aliphatic carbocycles. The maximum Gasteiger partial charge on any atom is 0.336 e. The molecule has 0 amide bonds. The predicted molar refractivity (Wildman–Crippen MR) is 108 cm³/mol. The van der Waals surface area contributed by atoms with E-state index in [0.29, 0.717) is 18.7 Å². The molecule has 0 fully saturated rings. The maximum absolute atomic E-state index is 13.1. The quantitative estimate of drug-likeness (QED) is 0.490. The van der Waals surface area contributed by atoms with Crippen LogP contribution in [0.3, 0.4) is 0 Å². The molecule has 5 heteroatoms. The van der Waals surface area contributed by atoms with E-state index in [4.69, 9.17) is 14.2 Å². The summed E-state index contributed by atoms with van der Waals surface area (Å²) in [4.78, 5) is 15.2. The van der Waals surface area contributed by atoms with Crippen LogP contribution in [0.2, 0.25) is 0 Å². The Bertz CT molecular complexity index is 772. The molecule has 1 unspecified atom stereocenters. The summed E-state index contributed by atoms with van der Waals surface area (Å²) in [5.41, 5.74) is 0.605. The molecule has 5 nitrogen and oxygen atoms in total. The van der Waals surface area contributed by atoms with E-state index in [0.717, 1.165) is 17.0 Å². The van der Waals surface area contributed by atoms with Crippen molar-refractivity contribution in [3.8, 4) is 11.5 Å². The zero-order valence-electron chi connectivity index (χ0n) is 16.4. The fraction of sp³-hybridized carbons (Fsp3) is 0.318. The lowest BCUT2D eigenvalue weighted by atomic mass is 9.83. The Morgan fingerprint density at radius 2 is 1.74 bits per heavy atom. The van der Waals surface area contributed by atoms with Gasteiger partial charge in [0.1, 0.15) is 11.5 Å². The number of methoxy groups -OCH3 is 3. The first-order chi connectivity index (χ1) is 13.1. The van der Waals surface area contributed by atoms with Crippen molar-refractivity contribution in [2.45, 2.75) is 18.9 Å². The lowest BCUT2D eigenvalue weighted by Gasteiger charge is -2.42. The van der Waals surface area contributed by atoms with Gasteiger partial charge in [0.25, 0.3) is 0 Å². The van der Waals surface area contributed by atoms with Gasteiger partial charge in [-0.15, -0.1) is 6.58 Å². The number of rotatable bonds is 9. The molecule has 0 aliphatic heterocycles. The average Bonchev–Trinajstić information content (AvgIpc) is 2.73. The fourth-order valence-corrected chi connectivity index (χ4v) is 3.39. The highest BCUT2D eigenvalue weighted by Gasteiger charge is 2.46. The van der Waals surface area contributed by atoms with Crippen LogP contribution in [0.5, 0.6) is 11.5 Å². The molecule has 0 radical (unpaired) electrons. The molecular formula is C22H27NO4. The number of nitrogens with zero attached hydrogens (tertiary/aromatic N) is 1. The van der Waals surface area contributed by atoms with Crippen molar-refractivity contribution in [2.24, 2.45) is 0 Å². The van der Waals surface area contributed by atoms with Gasteiger partial charge < -0.3 is 19.1 Å². The van der Waals surface area contributed by atoms with E-state index in [1.807, 2.05) is 60.4 Å². The predicted octanol–water partition coefficient (Wildman–Crippen LogP) is 4.17. The standard InChI is InChI=1S/C22H27NO4/c1-6-15-22(21(24)27-5,17-9-8-10-20(16-17)26-4)23(7-2)18-11-13-19(25-3)14-12-18/h6,8-14,16H,1,7,15H2,2-5H3. The van der Waals surface area contributed by atoms with Gasteiger partial charge in [-0.25, -0.2) is 4.79 Å². The highest BCUT2D eigenvalue weighted by molar-refractivity contribution is 5.87.